The predicted octanol–water partition coefficient (Wildman–Crippen LogP) is 3.68. The molecule has 1 amide bonds. The van der Waals surface area contributed by atoms with Crippen LogP contribution in [0.3, 0.4) is 0 Å². The minimum Gasteiger partial charge on any atom is -0.381 e. The first-order valence-corrected chi connectivity index (χ1v) is 9.45. The summed E-state index contributed by atoms with van der Waals surface area (Å²) in [5, 5.41) is 4.13. The van der Waals surface area contributed by atoms with Crippen molar-refractivity contribution in [2.45, 2.75) is 24.5 Å². The molecule has 2 atom stereocenters. The van der Waals surface area contributed by atoms with Crippen molar-refractivity contribution < 1.29 is 9.53 Å². The molecule has 1 N–H and O–H groups in total. The molecule has 1 aromatic rings. The van der Waals surface area contributed by atoms with Gasteiger partial charge in [-0.05, 0) is 48.6 Å². The summed E-state index contributed by atoms with van der Waals surface area (Å²) >= 11 is 7.80. The highest BCUT2D eigenvalue weighted by Gasteiger charge is 2.57. The average Bonchev–Trinajstić information content (AvgIpc) is 3.22. The van der Waals surface area contributed by atoms with Crippen molar-refractivity contribution in [1.29, 1.82) is 0 Å². The fraction of sp³-hybridized carbons (Fsp3) is 0.588. The quantitative estimate of drug-likeness (QED) is 0.889. The highest BCUT2D eigenvalue weighted by atomic mass is 35.5. The first-order valence-electron chi connectivity index (χ1n) is 7.78. The smallest absolute Gasteiger partial charge is 0.223 e. The van der Waals surface area contributed by atoms with Crippen LogP contribution in [0, 0.1) is 11.3 Å². The zero-order chi connectivity index (χ0) is 15.6. The van der Waals surface area contributed by atoms with Gasteiger partial charge in [0.2, 0.25) is 5.91 Å². The number of halogens is 1. The monoisotopic (exact) mass is 339 g/mol. The number of carbonyl (C=O) groups excluding carboxylic acids is 1. The van der Waals surface area contributed by atoms with E-state index in [1.54, 1.807) is 11.8 Å². The molecule has 2 fully saturated rings. The number of carbonyl (C=O) groups is 1. The normalized spacial score (nSPS) is 24.0. The third-order valence-electron chi connectivity index (χ3n) is 4.96. The van der Waals surface area contributed by atoms with Crippen LogP contribution in [0.4, 0.5) is 0 Å². The summed E-state index contributed by atoms with van der Waals surface area (Å²) in [7, 11) is 0. The lowest BCUT2D eigenvalue weighted by Crippen LogP contribution is -2.32. The van der Waals surface area contributed by atoms with Gasteiger partial charge in [0.05, 0.1) is 0 Å². The Morgan fingerprint density at radius 3 is 2.95 bits per heavy atom. The molecule has 2 aliphatic rings. The molecule has 1 heterocycles. The standard InChI is InChI=1S/C17H22ClNO2S/c1-22-15(12-3-2-4-13(18)9-12)11-19-16(20)14-10-17(14)5-7-21-8-6-17/h2-4,9,14-15H,5-8,10-11H2,1H3,(H,19,20)/t14-,15-/m1/s1. The fourth-order valence-electron chi connectivity index (χ4n) is 3.41. The van der Waals surface area contributed by atoms with Crippen molar-refractivity contribution in [2.24, 2.45) is 11.3 Å². The molecule has 1 spiro atoms. The van der Waals surface area contributed by atoms with Gasteiger partial charge >= 0.3 is 0 Å². The second kappa shape index (κ2) is 6.81. The molecule has 1 aliphatic carbocycles. The molecular weight excluding hydrogens is 318 g/mol. The van der Waals surface area contributed by atoms with Gasteiger partial charge in [0.1, 0.15) is 0 Å². The van der Waals surface area contributed by atoms with Gasteiger partial charge in [-0.1, -0.05) is 23.7 Å². The Bertz CT molecular complexity index is 545. The van der Waals surface area contributed by atoms with Crippen LogP contribution in [0.25, 0.3) is 0 Å². The van der Waals surface area contributed by atoms with Crippen molar-refractivity contribution in [3.8, 4) is 0 Å². The van der Waals surface area contributed by atoms with Crippen LogP contribution >= 0.6 is 23.4 Å². The molecule has 3 rings (SSSR count). The molecular formula is C17H22ClNO2S. The van der Waals surface area contributed by atoms with E-state index in [9.17, 15) is 4.79 Å². The zero-order valence-electron chi connectivity index (χ0n) is 12.8. The summed E-state index contributed by atoms with van der Waals surface area (Å²) in [6, 6.07) is 7.88. The van der Waals surface area contributed by atoms with Gasteiger partial charge < -0.3 is 10.1 Å². The third kappa shape index (κ3) is 3.44. The second-order valence-electron chi connectivity index (χ2n) is 6.26. The van der Waals surface area contributed by atoms with Crippen LogP contribution in [0.2, 0.25) is 5.02 Å². The van der Waals surface area contributed by atoms with Crippen LogP contribution in [-0.2, 0) is 9.53 Å². The van der Waals surface area contributed by atoms with Crippen molar-refractivity contribution in [3.05, 3.63) is 34.9 Å². The maximum atomic E-state index is 12.4. The summed E-state index contributed by atoms with van der Waals surface area (Å²) in [5.74, 6) is 0.404. The number of amides is 1. The minimum atomic E-state index is 0.193. The lowest BCUT2D eigenvalue weighted by Gasteiger charge is -2.23. The molecule has 0 unspecified atom stereocenters. The molecule has 0 radical (unpaired) electrons. The molecule has 5 heteroatoms. The Labute approximate surface area is 141 Å². The van der Waals surface area contributed by atoms with Crippen molar-refractivity contribution in [3.63, 3.8) is 0 Å². The van der Waals surface area contributed by atoms with E-state index in [0.29, 0.717) is 6.54 Å². The molecule has 22 heavy (non-hydrogen) atoms. The van der Waals surface area contributed by atoms with E-state index in [-0.39, 0.29) is 22.5 Å². The summed E-state index contributed by atoms with van der Waals surface area (Å²) in [6.07, 6.45) is 5.16. The summed E-state index contributed by atoms with van der Waals surface area (Å²) < 4.78 is 5.41. The van der Waals surface area contributed by atoms with E-state index < -0.39 is 0 Å². The van der Waals surface area contributed by atoms with Gasteiger partial charge in [0.25, 0.3) is 0 Å². The molecule has 1 saturated heterocycles. The number of hydrogen-bond donors (Lipinski definition) is 1. The predicted molar refractivity (Wildman–Crippen MR) is 91.3 cm³/mol. The Balaban J connectivity index is 1.54. The third-order valence-corrected chi connectivity index (χ3v) is 6.20. The van der Waals surface area contributed by atoms with Gasteiger partial charge in [0.15, 0.2) is 0 Å². The number of hydrogen-bond acceptors (Lipinski definition) is 3. The number of benzene rings is 1. The zero-order valence-corrected chi connectivity index (χ0v) is 14.4. The van der Waals surface area contributed by atoms with E-state index >= 15 is 0 Å². The van der Waals surface area contributed by atoms with Crippen LogP contribution < -0.4 is 5.32 Å². The molecule has 1 saturated carbocycles. The van der Waals surface area contributed by atoms with Crippen molar-refractivity contribution >= 4 is 29.3 Å². The van der Waals surface area contributed by atoms with E-state index in [1.165, 1.54) is 0 Å². The molecule has 0 bridgehead atoms. The number of thioether (sulfide) groups is 1. The SMILES string of the molecule is CS[C@H](CNC(=O)[C@H]1CC12CCOCC2)c1cccc(Cl)c1. The lowest BCUT2D eigenvalue weighted by atomic mass is 9.93. The minimum absolute atomic E-state index is 0.193. The maximum absolute atomic E-state index is 12.4. The molecule has 0 aromatic heterocycles. The number of nitrogens with one attached hydrogen (secondary N) is 1. The first kappa shape index (κ1) is 16.2. The van der Waals surface area contributed by atoms with Crippen LogP contribution in [0.1, 0.15) is 30.1 Å². The molecule has 120 valence electrons. The summed E-state index contributed by atoms with van der Waals surface area (Å²) in [6.45, 7) is 2.27. The van der Waals surface area contributed by atoms with Gasteiger partial charge in [-0.25, -0.2) is 0 Å². The Kier molecular flexibility index (Phi) is 5.00. The first-order chi connectivity index (χ1) is 10.6. The highest BCUT2D eigenvalue weighted by molar-refractivity contribution is 7.98. The maximum Gasteiger partial charge on any atom is 0.223 e. The van der Waals surface area contributed by atoms with Crippen molar-refractivity contribution in [1.82, 2.24) is 5.32 Å². The Morgan fingerprint density at radius 1 is 1.50 bits per heavy atom. The summed E-state index contributed by atoms with van der Waals surface area (Å²) in [4.78, 5) is 12.4. The fourth-order valence-corrected chi connectivity index (χ4v) is 4.28. The molecule has 1 aliphatic heterocycles. The van der Waals surface area contributed by atoms with Crippen LogP contribution in [0.5, 0.6) is 0 Å². The molecule has 1 aromatic carbocycles. The topological polar surface area (TPSA) is 38.3 Å². The number of ether oxygens (including phenoxy) is 1. The number of rotatable bonds is 5. The largest absolute Gasteiger partial charge is 0.381 e. The average molecular weight is 340 g/mol. The van der Waals surface area contributed by atoms with Gasteiger partial charge in [-0.15, -0.1) is 0 Å². The summed E-state index contributed by atoms with van der Waals surface area (Å²) in [5.41, 5.74) is 1.41. The highest BCUT2D eigenvalue weighted by Crippen LogP contribution is 2.59. The van der Waals surface area contributed by atoms with Gasteiger partial charge in [-0.3, -0.25) is 4.79 Å². The van der Waals surface area contributed by atoms with E-state index in [1.807, 2.05) is 18.2 Å². The van der Waals surface area contributed by atoms with Crippen LogP contribution in [-0.4, -0.2) is 31.9 Å². The van der Waals surface area contributed by atoms with Crippen LogP contribution in [0.15, 0.2) is 24.3 Å². The van der Waals surface area contributed by atoms with Gasteiger partial charge in [-0.2, -0.15) is 11.8 Å². The van der Waals surface area contributed by atoms with E-state index in [2.05, 4.69) is 17.6 Å². The van der Waals surface area contributed by atoms with E-state index in [0.717, 1.165) is 43.1 Å². The van der Waals surface area contributed by atoms with Crippen molar-refractivity contribution in [2.75, 3.05) is 26.0 Å². The Hall–Kier alpha value is -0.710. The lowest BCUT2D eigenvalue weighted by molar-refractivity contribution is -0.123. The van der Waals surface area contributed by atoms with Gasteiger partial charge in [0, 0.05) is 35.9 Å². The molecule has 3 nitrogen and oxygen atoms in total. The van der Waals surface area contributed by atoms with E-state index in [4.69, 9.17) is 16.3 Å². The second-order valence-corrected chi connectivity index (χ2v) is 7.73. The Morgan fingerprint density at radius 2 is 2.27 bits per heavy atom.